The Morgan fingerprint density at radius 2 is 2.12 bits per heavy atom. The highest BCUT2D eigenvalue weighted by molar-refractivity contribution is 6.02. The Labute approximate surface area is 90.9 Å². The maximum Gasteiger partial charge on any atom is 0.291 e. The predicted molar refractivity (Wildman–Crippen MR) is 57.5 cm³/mol. The minimum Gasteiger partial charge on any atom is -0.436 e. The average molecular weight is 220 g/mol. The molecular weight excluding hydrogens is 211 g/mol. The summed E-state index contributed by atoms with van der Waals surface area (Å²) in [5.41, 5.74) is 5.69. The van der Waals surface area contributed by atoms with Crippen molar-refractivity contribution in [2.75, 3.05) is 11.1 Å². The number of carbonyl (C=O) groups excluding carboxylic acids is 1. The van der Waals surface area contributed by atoms with Crippen molar-refractivity contribution in [1.29, 1.82) is 0 Å². The zero-order valence-corrected chi connectivity index (χ0v) is 8.24. The van der Waals surface area contributed by atoms with Crippen LogP contribution < -0.4 is 11.1 Å². The minimum atomic E-state index is -0.470. The smallest absolute Gasteiger partial charge is 0.291 e. The van der Waals surface area contributed by atoms with Crippen LogP contribution in [0.4, 0.5) is 16.0 Å². The molecule has 0 aliphatic carbocycles. The number of rotatable bonds is 2. The van der Waals surface area contributed by atoms with E-state index < -0.39 is 11.7 Å². The summed E-state index contributed by atoms with van der Waals surface area (Å²) in [5.74, 6) is -0.648. The fourth-order valence-electron chi connectivity index (χ4n) is 1.23. The number of anilines is 2. The molecular formula is C11H9FN2O2. The van der Waals surface area contributed by atoms with E-state index in [0.29, 0.717) is 5.69 Å². The summed E-state index contributed by atoms with van der Waals surface area (Å²) >= 11 is 0. The molecule has 5 heteroatoms. The molecule has 0 aliphatic heterocycles. The Kier molecular flexibility index (Phi) is 2.59. The van der Waals surface area contributed by atoms with Crippen molar-refractivity contribution in [1.82, 2.24) is 0 Å². The molecule has 82 valence electrons. The third kappa shape index (κ3) is 2.20. The lowest BCUT2D eigenvalue weighted by molar-refractivity contribution is 0.0997. The number of carbonyl (C=O) groups is 1. The fourth-order valence-corrected chi connectivity index (χ4v) is 1.23. The van der Waals surface area contributed by atoms with E-state index in [1.807, 2.05) is 0 Å². The topological polar surface area (TPSA) is 68.3 Å². The summed E-state index contributed by atoms with van der Waals surface area (Å²) in [6, 6.07) is 8.50. The second-order valence-corrected chi connectivity index (χ2v) is 3.17. The molecule has 0 radical (unpaired) electrons. The van der Waals surface area contributed by atoms with Gasteiger partial charge in [0.2, 0.25) is 0 Å². The molecule has 1 aromatic heterocycles. The van der Waals surface area contributed by atoms with Crippen LogP contribution in [-0.4, -0.2) is 5.91 Å². The lowest BCUT2D eigenvalue weighted by Crippen LogP contribution is -2.10. The molecule has 0 saturated heterocycles. The van der Waals surface area contributed by atoms with E-state index in [2.05, 4.69) is 5.32 Å². The van der Waals surface area contributed by atoms with Crippen molar-refractivity contribution in [2.24, 2.45) is 0 Å². The second-order valence-electron chi connectivity index (χ2n) is 3.17. The maximum atomic E-state index is 12.8. The Morgan fingerprint density at radius 3 is 2.75 bits per heavy atom. The summed E-state index contributed by atoms with van der Waals surface area (Å²) in [6.07, 6.45) is 0. The third-order valence-corrected chi connectivity index (χ3v) is 1.93. The quantitative estimate of drug-likeness (QED) is 0.815. The highest BCUT2D eigenvalue weighted by Gasteiger charge is 2.10. The highest BCUT2D eigenvalue weighted by atomic mass is 19.1. The number of nitrogens with two attached hydrogens (primary N) is 1. The molecule has 2 rings (SSSR count). The minimum absolute atomic E-state index is 0.0850. The molecule has 0 fully saturated rings. The van der Waals surface area contributed by atoms with Gasteiger partial charge in [0, 0.05) is 11.8 Å². The zero-order valence-electron chi connectivity index (χ0n) is 8.24. The number of hydrogen-bond acceptors (Lipinski definition) is 3. The molecule has 0 spiro atoms. The molecule has 16 heavy (non-hydrogen) atoms. The zero-order chi connectivity index (χ0) is 11.5. The summed E-state index contributed by atoms with van der Waals surface area (Å²) in [7, 11) is 0. The van der Waals surface area contributed by atoms with Crippen molar-refractivity contribution in [3.05, 3.63) is 48.0 Å². The maximum absolute atomic E-state index is 12.8. The van der Waals surface area contributed by atoms with Gasteiger partial charge in [-0.3, -0.25) is 4.79 Å². The molecule has 2 aromatic rings. The number of hydrogen-bond donors (Lipinski definition) is 2. The molecule has 0 bridgehead atoms. The Bertz CT molecular complexity index is 522. The number of furan rings is 1. The lowest BCUT2D eigenvalue weighted by atomic mass is 10.3. The van der Waals surface area contributed by atoms with Crippen LogP contribution in [-0.2, 0) is 0 Å². The highest BCUT2D eigenvalue weighted by Crippen LogP contribution is 2.13. The molecule has 3 N–H and O–H groups in total. The van der Waals surface area contributed by atoms with Crippen molar-refractivity contribution in [3.8, 4) is 0 Å². The van der Waals surface area contributed by atoms with Gasteiger partial charge in [0.1, 0.15) is 5.82 Å². The lowest BCUT2D eigenvalue weighted by Gasteiger charge is -2.02. The predicted octanol–water partition coefficient (Wildman–Crippen LogP) is 2.25. The van der Waals surface area contributed by atoms with Crippen LogP contribution in [0.2, 0.25) is 0 Å². The van der Waals surface area contributed by atoms with Crippen LogP contribution in [0.5, 0.6) is 0 Å². The van der Waals surface area contributed by atoms with Gasteiger partial charge in [-0.05, 0) is 24.3 Å². The number of nitrogen functional groups attached to an aromatic ring is 1. The Morgan fingerprint density at radius 1 is 1.31 bits per heavy atom. The van der Waals surface area contributed by atoms with Gasteiger partial charge in [0.25, 0.3) is 5.91 Å². The first kappa shape index (κ1) is 10.2. The third-order valence-electron chi connectivity index (χ3n) is 1.93. The fraction of sp³-hybridized carbons (Fsp3) is 0. The monoisotopic (exact) mass is 220 g/mol. The summed E-state index contributed by atoms with van der Waals surface area (Å²) in [4.78, 5) is 11.6. The van der Waals surface area contributed by atoms with Gasteiger partial charge in [-0.1, -0.05) is 6.07 Å². The first-order chi connectivity index (χ1) is 7.65. The van der Waals surface area contributed by atoms with Gasteiger partial charge < -0.3 is 15.5 Å². The SMILES string of the molecule is Nc1ccc(C(=O)Nc2cccc(F)c2)o1. The molecule has 1 aromatic carbocycles. The van der Waals surface area contributed by atoms with Crippen LogP contribution >= 0.6 is 0 Å². The Hall–Kier alpha value is -2.30. The first-order valence-electron chi connectivity index (χ1n) is 4.57. The van der Waals surface area contributed by atoms with Gasteiger partial charge in [-0.2, -0.15) is 0 Å². The van der Waals surface area contributed by atoms with Crippen molar-refractivity contribution in [2.45, 2.75) is 0 Å². The van der Waals surface area contributed by atoms with E-state index in [1.54, 1.807) is 6.07 Å². The van der Waals surface area contributed by atoms with Crippen LogP contribution in [0.1, 0.15) is 10.6 Å². The van der Waals surface area contributed by atoms with Crippen molar-refractivity contribution < 1.29 is 13.6 Å². The van der Waals surface area contributed by atoms with Gasteiger partial charge in [0.05, 0.1) is 0 Å². The van der Waals surface area contributed by atoms with Crippen LogP contribution in [0, 0.1) is 5.82 Å². The van der Waals surface area contributed by atoms with E-state index in [4.69, 9.17) is 10.2 Å². The molecule has 0 unspecified atom stereocenters. The van der Waals surface area contributed by atoms with Gasteiger partial charge in [-0.15, -0.1) is 0 Å². The molecule has 0 aliphatic rings. The largest absolute Gasteiger partial charge is 0.436 e. The van der Waals surface area contributed by atoms with Crippen LogP contribution in [0.25, 0.3) is 0 Å². The molecule has 0 atom stereocenters. The van der Waals surface area contributed by atoms with Gasteiger partial charge in [-0.25, -0.2) is 4.39 Å². The van der Waals surface area contributed by atoms with Gasteiger partial charge in [0.15, 0.2) is 11.6 Å². The average Bonchev–Trinajstić information content (AvgIpc) is 2.65. The Balaban J connectivity index is 2.13. The normalized spacial score (nSPS) is 10.1. The first-order valence-corrected chi connectivity index (χ1v) is 4.57. The summed E-state index contributed by atoms with van der Waals surface area (Å²) < 4.78 is 17.7. The van der Waals surface area contributed by atoms with E-state index >= 15 is 0 Å². The van der Waals surface area contributed by atoms with E-state index in [9.17, 15) is 9.18 Å². The van der Waals surface area contributed by atoms with Crippen molar-refractivity contribution in [3.63, 3.8) is 0 Å². The molecule has 1 heterocycles. The van der Waals surface area contributed by atoms with E-state index in [0.717, 1.165) is 0 Å². The molecule has 0 saturated carbocycles. The second kappa shape index (κ2) is 4.06. The van der Waals surface area contributed by atoms with E-state index in [1.165, 1.54) is 30.3 Å². The van der Waals surface area contributed by atoms with E-state index in [-0.39, 0.29) is 11.6 Å². The van der Waals surface area contributed by atoms with Gasteiger partial charge >= 0.3 is 0 Å². The standard InChI is InChI=1S/C11H9FN2O2/c12-7-2-1-3-8(6-7)14-11(15)9-4-5-10(13)16-9/h1-6H,13H2,(H,14,15). The molecule has 1 amide bonds. The summed E-state index contributed by atoms with van der Waals surface area (Å²) in [5, 5.41) is 2.48. The number of amides is 1. The van der Waals surface area contributed by atoms with Crippen LogP contribution in [0.3, 0.4) is 0 Å². The van der Waals surface area contributed by atoms with Crippen molar-refractivity contribution >= 4 is 17.5 Å². The number of halogens is 1. The summed E-state index contributed by atoms with van der Waals surface area (Å²) in [6.45, 7) is 0. The number of nitrogens with one attached hydrogen (secondary N) is 1. The molecule has 4 nitrogen and oxygen atoms in total. The number of benzene rings is 1. The van der Waals surface area contributed by atoms with Crippen LogP contribution in [0.15, 0.2) is 40.8 Å².